The predicted molar refractivity (Wildman–Crippen MR) is 274 cm³/mol. The first-order valence-electron chi connectivity index (χ1n) is 25.1. The number of ether oxygens (including phenoxy) is 15. The van der Waals surface area contributed by atoms with Gasteiger partial charge in [0.2, 0.25) is 0 Å². The molecular weight excluding hydrogens is 977 g/mol. The minimum atomic E-state index is -0.291. The van der Waals surface area contributed by atoms with E-state index < -0.39 is 0 Å². The van der Waals surface area contributed by atoms with Crippen molar-refractivity contribution < 1.29 is 101 Å². The van der Waals surface area contributed by atoms with E-state index in [1.54, 1.807) is 24.3 Å². The third-order valence-electron chi connectivity index (χ3n) is 9.23. The molecule has 0 aliphatic rings. The summed E-state index contributed by atoms with van der Waals surface area (Å²) < 4.78 is 79.2. The summed E-state index contributed by atoms with van der Waals surface area (Å²) in [7, 11) is 2.70. The Morgan fingerprint density at radius 1 is 0.378 bits per heavy atom. The highest BCUT2D eigenvalue weighted by Gasteiger charge is 2.03. The lowest BCUT2D eigenvalue weighted by Crippen LogP contribution is -2.15. The largest absolute Gasteiger partial charge is 0.469 e. The third-order valence-corrected chi connectivity index (χ3v) is 9.23. The van der Waals surface area contributed by atoms with E-state index in [2.05, 4.69) is 21.7 Å². The molecule has 0 aliphatic carbocycles. The Morgan fingerprint density at radius 3 is 0.878 bits per heavy atom. The van der Waals surface area contributed by atoms with Gasteiger partial charge in [0.05, 0.1) is 219 Å². The van der Waals surface area contributed by atoms with Gasteiger partial charge in [-0.1, -0.05) is 19.1 Å². The fraction of sp³-hybridized carbons (Fsp3) is 0.725. The highest BCUT2D eigenvalue weighted by atomic mass is 16.6. The second kappa shape index (κ2) is 55.5. The number of nitrogen functional groups attached to an aromatic ring is 1. The summed E-state index contributed by atoms with van der Waals surface area (Å²) in [6.45, 7) is 15.6. The topological polar surface area (TPSA) is 292 Å². The molecule has 0 saturated carbocycles. The molecule has 0 unspecified atom stereocenters. The molecule has 0 amide bonds. The first-order valence-corrected chi connectivity index (χ1v) is 25.1. The van der Waals surface area contributed by atoms with Gasteiger partial charge in [0.1, 0.15) is 0 Å². The minimum Gasteiger partial charge on any atom is -0.469 e. The van der Waals surface area contributed by atoms with Crippen LogP contribution >= 0.6 is 0 Å². The van der Waals surface area contributed by atoms with E-state index >= 15 is 0 Å². The van der Waals surface area contributed by atoms with Crippen molar-refractivity contribution in [3.8, 4) is 0 Å². The van der Waals surface area contributed by atoms with Crippen LogP contribution in [0.25, 0.3) is 0 Å². The number of aliphatic hydroxyl groups is 4. The van der Waals surface area contributed by atoms with Crippen molar-refractivity contribution in [3.05, 3.63) is 58.7 Å². The normalized spacial score (nSPS) is 10.9. The van der Waals surface area contributed by atoms with Crippen LogP contribution in [0.5, 0.6) is 0 Å². The molecule has 430 valence electrons. The van der Waals surface area contributed by atoms with Crippen molar-refractivity contribution in [3.63, 3.8) is 0 Å². The summed E-state index contributed by atoms with van der Waals surface area (Å²) >= 11 is 0. The van der Waals surface area contributed by atoms with Crippen molar-refractivity contribution in [1.29, 1.82) is 0 Å². The number of methoxy groups -OCH3 is 2. The maximum Gasteiger partial charge on any atom is 0.307 e. The molecule has 0 spiro atoms. The number of carbonyl (C=O) groups is 2. The summed E-state index contributed by atoms with van der Waals surface area (Å²) in [6.07, 6.45) is 1.51. The third kappa shape index (κ3) is 48.0. The molecule has 2 aromatic carbocycles. The number of carbonyl (C=O) groups excluding carboxylic acids is 2. The van der Waals surface area contributed by atoms with E-state index in [4.69, 9.17) is 87.7 Å². The molecule has 23 heteroatoms. The summed E-state index contributed by atoms with van der Waals surface area (Å²) in [4.78, 5) is 21.8. The molecule has 0 saturated heterocycles. The van der Waals surface area contributed by atoms with Gasteiger partial charge in [0.15, 0.2) is 0 Å². The Hall–Kier alpha value is -3.70. The molecule has 0 radical (unpaired) electrons. The maximum atomic E-state index is 10.9. The van der Waals surface area contributed by atoms with Crippen molar-refractivity contribution in [2.45, 2.75) is 52.6 Å². The lowest BCUT2D eigenvalue weighted by atomic mass is 10.1. The van der Waals surface area contributed by atoms with Crippen molar-refractivity contribution in [1.82, 2.24) is 0 Å². The second-order valence-electron chi connectivity index (χ2n) is 15.3. The van der Waals surface area contributed by atoms with Gasteiger partial charge >= 0.3 is 11.9 Å². The fourth-order valence-corrected chi connectivity index (χ4v) is 5.57. The molecule has 0 aliphatic heterocycles. The number of anilines is 2. The molecular formula is C51H90N2O21. The molecule has 0 atom stereocenters. The van der Waals surface area contributed by atoms with Gasteiger partial charge < -0.3 is 103 Å². The lowest BCUT2D eigenvalue weighted by Gasteiger charge is -2.10. The number of aliphatic hydroxyl groups excluding tert-OH is 4. The van der Waals surface area contributed by atoms with Crippen molar-refractivity contribution >= 4 is 23.3 Å². The Morgan fingerprint density at radius 2 is 0.622 bits per heavy atom. The number of hydrogen-bond acceptors (Lipinski definition) is 23. The van der Waals surface area contributed by atoms with Gasteiger partial charge in [-0.3, -0.25) is 9.59 Å². The van der Waals surface area contributed by atoms with Gasteiger partial charge in [-0.25, -0.2) is 0 Å². The zero-order chi connectivity index (χ0) is 54.2. The van der Waals surface area contributed by atoms with E-state index in [9.17, 15) is 9.59 Å². The quantitative estimate of drug-likeness (QED) is 0.0314. The van der Waals surface area contributed by atoms with E-state index in [1.807, 2.05) is 12.1 Å². The highest BCUT2D eigenvalue weighted by Crippen LogP contribution is 2.15. The summed E-state index contributed by atoms with van der Waals surface area (Å²) in [5.41, 5.74) is 9.82. The number of rotatable bonds is 49. The lowest BCUT2D eigenvalue weighted by molar-refractivity contribution is -0.142. The van der Waals surface area contributed by atoms with Crippen LogP contribution in [0.15, 0.2) is 36.4 Å². The Labute approximate surface area is 438 Å². The summed E-state index contributed by atoms with van der Waals surface area (Å²) in [5, 5.41) is 38.9. The van der Waals surface area contributed by atoms with Crippen LogP contribution in [0.3, 0.4) is 0 Å². The number of esters is 2. The number of nitrogens with two attached hydrogens (primary N) is 1. The van der Waals surface area contributed by atoms with Gasteiger partial charge in [-0.2, -0.15) is 0 Å². The molecule has 0 bridgehead atoms. The van der Waals surface area contributed by atoms with Gasteiger partial charge in [0.25, 0.3) is 0 Å². The van der Waals surface area contributed by atoms with Gasteiger partial charge in [-0.15, -0.1) is 0 Å². The Bertz CT molecular complexity index is 1500. The predicted octanol–water partition coefficient (Wildman–Crippen LogP) is 2.07. The van der Waals surface area contributed by atoms with Crippen LogP contribution in [-0.4, -0.2) is 225 Å². The Kier molecular flexibility index (Phi) is 52.8. The molecule has 7 N–H and O–H groups in total. The van der Waals surface area contributed by atoms with Gasteiger partial charge in [-0.05, 0) is 52.9 Å². The summed E-state index contributed by atoms with van der Waals surface area (Å²) in [5.74, 6) is -0.576. The first-order chi connectivity index (χ1) is 36.3. The molecule has 74 heavy (non-hydrogen) atoms. The van der Waals surface area contributed by atoms with Crippen LogP contribution in [0.1, 0.15) is 48.4 Å². The van der Waals surface area contributed by atoms with Crippen LogP contribution in [0, 0.1) is 0 Å². The maximum absolute atomic E-state index is 10.9. The SMILES string of the molecule is CCCOCCOCCOCCOCCOCCOCCOCCOCCOCCOCCOCCOCCC(=O)OC.COC(=O)CCOCCNc1cc(CO)cc(CO)c1.Nc1cc(CO)cc(CO)c1. The van der Waals surface area contributed by atoms with Crippen molar-refractivity contribution in [2.75, 3.05) is 204 Å². The monoisotopic (exact) mass is 1070 g/mol. The van der Waals surface area contributed by atoms with Crippen LogP contribution < -0.4 is 11.1 Å². The molecule has 23 nitrogen and oxygen atoms in total. The molecule has 2 rings (SSSR count). The average molecular weight is 1070 g/mol. The average Bonchev–Trinajstić information content (AvgIpc) is 3.42. The van der Waals surface area contributed by atoms with Crippen molar-refractivity contribution in [2.24, 2.45) is 0 Å². The van der Waals surface area contributed by atoms with E-state index in [-0.39, 0.29) is 51.2 Å². The number of benzene rings is 2. The number of nitrogens with one attached hydrogen (secondary N) is 1. The van der Waals surface area contributed by atoms with Crippen LogP contribution in [0.4, 0.5) is 11.4 Å². The van der Waals surface area contributed by atoms with E-state index in [0.29, 0.717) is 177 Å². The summed E-state index contributed by atoms with van der Waals surface area (Å²) in [6, 6.07) is 10.5. The van der Waals surface area contributed by atoms with Crippen LogP contribution in [0.2, 0.25) is 0 Å². The molecule has 0 fully saturated rings. The first kappa shape index (κ1) is 70.3. The molecule has 0 aromatic heterocycles. The van der Waals surface area contributed by atoms with E-state index in [0.717, 1.165) is 41.0 Å². The zero-order valence-electron chi connectivity index (χ0n) is 44.3. The van der Waals surface area contributed by atoms with E-state index in [1.165, 1.54) is 14.2 Å². The standard InChI is InChI=1S/C29H58O14.C14H21NO5.C8H11NO2/c1-3-5-32-7-9-34-11-13-36-15-17-38-19-21-40-23-25-42-27-28-43-26-24-41-22-20-39-18-16-37-14-12-35-10-8-33-6-4-29(30)31-2;1-19-14(18)2-4-20-5-3-15-13-7-11(9-16)6-12(8-13)10-17;9-8-2-6(4-10)1-7(3-8)5-11/h3-28H2,1-2H3;6-8,15-17H,2-5,9-10H2,1H3;1-3,10-11H,4-5,9H2. The Balaban J connectivity index is 0.00000139. The highest BCUT2D eigenvalue weighted by molar-refractivity contribution is 5.69. The van der Waals surface area contributed by atoms with Gasteiger partial charge in [0, 0.05) is 24.5 Å². The smallest absolute Gasteiger partial charge is 0.307 e. The second-order valence-corrected chi connectivity index (χ2v) is 15.3. The molecule has 0 heterocycles. The fourth-order valence-electron chi connectivity index (χ4n) is 5.57. The zero-order valence-corrected chi connectivity index (χ0v) is 44.3. The number of hydrogen-bond donors (Lipinski definition) is 6. The minimum absolute atomic E-state index is 0.0436. The van der Waals surface area contributed by atoms with Crippen LogP contribution in [-0.2, 0) is 107 Å². The molecule has 2 aromatic rings.